The molecule has 0 fully saturated rings. The van der Waals surface area contributed by atoms with Crippen molar-refractivity contribution in [2.45, 2.75) is 6.18 Å². The lowest BCUT2D eigenvalue weighted by Gasteiger charge is -2.06. The van der Waals surface area contributed by atoms with Gasteiger partial charge in [0.05, 0.1) is 18.1 Å². The van der Waals surface area contributed by atoms with Gasteiger partial charge in [-0.1, -0.05) is 0 Å². The second kappa shape index (κ2) is 3.76. The Balaban J connectivity index is 2.54. The second-order valence-electron chi connectivity index (χ2n) is 3.27. The number of fused-ring (bicyclic) bond motifs is 1. The van der Waals surface area contributed by atoms with Gasteiger partial charge >= 0.3 is 12.1 Å². The van der Waals surface area contributed by atoms with Crippen molar-refractivity contribution in [3.05, 3.63) is 24.5 Å². The van der Waals surface area contributed by atoms with E-state index >= 15 is 0 Å². The third-order valence-electron chi connectivity index (χ3n) is 2.22. The maximum atomic E-state index is 12.3. The number of ether oxygens (including phenoxy) is 1. The molecule has 4 nitrogen and oxygen atoms in total. The van der Waals surface area contributed by atoms with Crippen LogP contribution in [0.1, 0.15) is 4.79 Å². The smallest absolute Gasteiger partial charge is 0.472 e. The maximum absolute atomic E-state index is 12.3. The van der Waals surface area contributed by atoms with Gasteiger partial charge in [-0.3, -0.25) is 9.36 Å². The summed E-state index contributed by atoms with van der Waals surface area (Å²) in [6, 6.07) is 4.27. The lowest BCUT2D eigenvalue weighted by Crippen LogP contribution is -2.28. The van der Waals surface area contributed by atoms with Gasteiger partial charge in [0.1, 0.15) is 12.1 Å². The van der Waals surface area contributed by atoms with Crippen LogP contribution in [0.15, 0.2) is 24.5 Å². The summed E-state index contributed by atoms with van der Waals surface area (Å²) in [6.45, 7) is 0. The Morgan fingerprint density at radius 2 is 2.12 bits per heavy atom. The van der Waals surface area contributed by atoms with Crippen molar-refractivity contribution in [2.24, 2.45) is 0 Å². The molecule has 0 amide bonds. The highest BCUT2D eigenvalue weighted by atomic mass is 19.4. The van der Waals surface area contributed by atoms with E-state index in [9.17, 15) is 18.0 Å². The number of imidazole rings is 1. The molecular weight excluding hydrogens is 237 g/mol. The highest BCUT2D eigenvalue weighted by molar-refractivity contribution is 5.93. The standard InChI is InChI=1S/C10H7F3N2O2/c1-17-6-2-3-8-7(4-6)14-5-15(8)9(16)10(11,12)13/h2-5H,1H3. The van der Waals surface area contributed by atoms with E-state index in [-0.39, 0.29) is 11.0 Å². The second-order valence-corrected chi connectivity index (χ2v) is 3.27. The summed E-state index contributed by atoms with van der Waals surface area (Å²) in [7, 11) is 1.43. The fourth-order valence-electron chi connectivity index (χ4n) is 1.42. The number of aromatic nitrogens is 2. The van der Waals surface area contributed by atoms with Crippen molar-refractivity contribution in [3.8, 4) is 5.75 Å². The zero-order valence-electron chi connectivity index (χ0n) is 8.65. The molecule has 1 aromatic carbocycles. The predicted octanol–water partition coefficient (Wildman–Crippen LogP) is 2.25. The Labute approximate surface area is 93.6 Å². The van der Waals surface area contributed by atoms with Crippen LogP contribution < -0.4 is 4.74 Å². The van der Waals surface area contributed by atoms with Crippen LogP contribution >= 0.6 is 0 Å². The topological polar surface area (TPSA) is 44.1 Å². The molecule has 0 N–H and O–H groups in total. The van der Waals surface area contributed by atoms with E-state index in [1.165, 1.54) is 25.3 Å². The van der Waals surface area contributed by atoms with E-state index in [2.05, 4.69) is 4.98 Å². The molecular formula is C10H7F3N2O2. The average Bonchev–Trinajstić information content (AvgIpc) is 2.69. The van der Waals surface area contributed by atoms with Crippen LogP contribution in [0.4, 0.5) is 13.2 Å². The van der Waals surface area contributed by atoms with Crippen LogP contribution in [0.3, 0.4) is 0 Å². The van der Waals surface area contributed by atoms with Crippen molar-refractivity contribution in [2.75, 3.05) is 7.11 Å². The number of carbonyl (C=O) groups excluding carboxylic acids is 1. The first kappa shape index (κ1) is 11.4. The molecule has 7 heteroatoms. The number of rotatable bonds is 1. The number of alkyl halides is 3. The van der Waals surface area contributed by atoms with Crippen molar-refractivity contribution < 1.29 is 22.7 Å². The molecule has 0 unspecified atom stereocenters. The number of hydrogen-bond donors (Lipinski definition) is 0. The first-order chi connectivity index (χ1) is 7.93. The molecule has 0 aliphatic carbocycles. The average molecular weight is 244 g/mol. The number of hydrogen-bond acceptors (Lipinski definition) is 3. The first-order valence-electron chi connectivity index (χ1n) is 4.56. The van der Waals surface area contributed by atoms with Gasteiger partial charge in [-0.15, -0.1) is 0 Å². The molecule has 0 saturated carbocycles. The Kier molecular flexibility index (Phi) is 2.53. The SMILES string of the molecule is COc1ccc2c(c1)ncn2C(=O)C(F)(F)F. The van der Waals surface area contributed by atoms with Gasteiger partial charge in [-0.25, -0.2) is 4.98 Å². The lowest BCUT2D eigenvalue weighted by atomic mass is 10.3. The summed E-state index contributed by atoms with van der Waals surface area (Å²) in [5.41, 5.74) is 0.357. The Hall–Kier alpha value is -2.05. The van der Waals surface area contributed by atoms with Gasteiger partial charge in [0.2, 0.25) is 0 Å². The van der Waals surface area contributed by atoms with Crippen molar-refractivity contribution in [3.63, 3.8) is 0 Å². The lowest BCUT2D eigenvalue weighted by molar-refractivity contribution is -0.0943. The molecule has 17 heavy (non-hydrogen) atoms. The largest absolute Gasteiger partial charge is 0.497 e. The maximum Gasteiger partial charge on any atom is 0.472 e. The zero-order valence-corrected chi connectivity index (χ0v) is 8.65. The fraction of sp³-hybridized carbons (Fsp3) is 0.200. The van der Waals surface area contributed by atoms with Crippen LogP contribution in [0.2, 0.25) is 0 Å². The monoisotopic (exact) mass is 244 g/mol. The van der Waals surface area contributed by atoms with Crippen LogP contribution in [0.25, 0.3) is 11.0 Å². The number of nitrogens with zero attached hydrogens (tertiary/aromatic N) is 2. The number of methoxy groups -OCH3 is 1. The minimum Gasteiger partial charge on any atom is -0.497 e. The fourth-order valence-corrected chi connectivity index (χ4v) is 1.42. The third-order valence-corrected chi connectivity index (χ3v) is 2.22. The van der Waals surface area contributed by atoms with E-state index < -0.39 is 12.1 Å². The van der Waals surface area contributed by atoms with Gasteiger partial charge < -0.3 is 4.74 Å². The number of halogens is 3. The predicted molar refractivity (Wildman–Crippen MR) is 53.0 cm³/mol. The molecule has 0 aliphatic rings. The van der Waals surface area contributed by atoms with E-state index in [4.69, 9.17) is 4.74 Å². The molecule has 1 aromatic heterocycles. The summed E-state index contributed by atoms with van der Waals surface area (Å²) in [6.07, 6.45) is -4.08. The highest BCUT2D eigenvalue weighted by Gasteiger charge is 2.40. The van der Waals surface area contributed by atoms with Gasteiger partial charge in [0.25, 0.3) is 0 Å². The van der Waals surface area contributed by atoms with Gasteiger partial charge in [0, 0.05) is 6.07 Å². The number of carbonyl (C=O) groups is 1. The zero-order chi connectivity index (χ0) is 12.6. The minimum atomic E-state index is -4.92. The van der Waals surface area contributed by atoms with Crippen molar-refractivity contribution >= 4 is 16.9 Å². The van der Waals surface area contributed by atoms with Crippen LogP contribution in [-0.4, -0.2) is 28.7 Å². The summed E-state index contributed by atoms with van der Waals surface area (Å²) in [5.74, 6) is -1.51. The van der Waals surface area contributed by atoms with Crippen molar-refractivity contribution in [1.82, 2.24) is 9.55 Å². The molecule has 2 rings (SSSR count). The van der Waals surface area contributed by atoms with Crippen LogP contribution in [0.5, 0.6) is 5.75 Å². The minimum absolute atomic E-state index is 0.0909. The van der Waals surface area contributed by atoms with Crippen LogP contribution in [-0.2, 0) is 0 Å². The Morgan fingerprint density at radius 1 is 1.41 bits per heavy atom. The van der Waals surface area contributed by atoms with E-state index in [1.807, 2.05) is 0 Å². The molecule has 0 radical (unpaired) electrons. The molecule has 1 heterocycles. The molecule has 0 bridgehead atoms. The van der Waals surface area contributed by atoms with Gasteiger partial charge in [0.15, 0.2) is 0 Å². The molecule has 0 spiro atoms. The van der Waals surface area contributed by atoms with Crippen molar-refractivity contribution in [1.29, 1.82) is 0 Å². The number of benzene rings is 1. The Bertz CT molecular complexity index is 574. The first-order valence-corrected chi connectivity index (χ1v) is 4.56. The van der Waals surface area contributed by atoms with Gasteiger partial charge in [-0.05, 0) is 12.1 Å². The molecule has 2 aromatic rings. The summed E-state index contributed by atoms with van der Waals surface area (Å²) in [4.78, 5) is 14.8. The molecule has 0 aliphatic heterocycles. The normalized spacial score (nSPS) is 11.8. The van der Waals surface area contributed by atoms with E-state index in [0.29, 0.717) is 10.3 Å². The van der Waals surface area contributed by atoms with E-state index in [1.54, 1.807) is 0 Å². The Morgan fingerprint density at radius 3 is 2.71 bits per heavy atom. The highest BCUT2D eigenvalue weighted by Crippen LogP contribution is 2.23. The summed E-state index contributed by atoms with van der Waals surface area (Å²) >= 11 is 0. The van der Waals surface area contributed by atoms with Crippen LogP contribution in [0, 0.1) is 0 Å². The van der Waals surface area contributed by atoms with Gasteiger partial charge in [-0.2, -0.15) is 13.2 Å². The summed E-state index contributed by atoms with van der Waals surface area (Å²) in [5, 5.41) is 0. The summed E-state index contributed by atoms with van der Waals surface area (Å²) < 4.78 is 42.2. The quantitative estimate of drug-likeness (QED) is 0.772. The third kappa shape index (κ3) is 1.95. The molecule has 0 saturated heterocycles. The van der Waals surface area contributed by atoms with E-state index in [0.717, 1.165) is 6.33 Å². The molecule has 0 atom stereocenters. The molecule has 90 valence electrons.